The molecule has 5 aliphatic rings. The minimum absolute atomic E-state index is 0.143. The Morgan fingerprint density at radius 3 is 2.37 bits per heavy atom. The highest BCUT2D eigenvalue weighted by Crippen LogP contribution is 2.60. The number of benzene rings is 1. The average Bonchev–Trinajstić information content (AvgIpc) is 2.82. The summed E-state index contributed by atoms with van der Waals surface area (Å²) < 4.78 is 0. The molecular weight excluding hydrogens is 334 g/mol. The molecule has 0 atom stereocenters. The zero-order chi connectivity index (χ0) is 18.6. The van der Waals surface area contributed by atoms with E-state index in [2.05, 4.69) is 23.2 Å². The van der Waals surface area contributed by atoms with Crippen molar-refractivity contribution in [3.05, 3.63) is 41.6 Å². The molecule has 0 radical (unpaired) electrons. The van der Waals surface area contributed by atoms with Crippen LogP contribution < -0.4 is 10.6 Å². The fourth-order valence-corrected chi connectivity index (χ4v) is 6.78. The second-order valence-electron chi connectivity index (χ2n) is 9.26. The van der Waals surface area contributed by atoms with Gasteiger partial charge in [-0.1, -0.05) is 18.2 Å². The zero-order valence-electron chi connectivity index (χ0n) is 16.2. The summed E-state index contributed by atoms with van der Waals surface area (Å²) in [4.78, 5) is 20.6. The molecule has 4 nitrogen and oxygen atoms in total. The van der Waals surface area contributed by atoms with Crippen LogP contribution in [0.4, 0.5) is 5.69 Å². The fourth-order valence-electron chi connectivity index (χ4n) is 6.78. The largest absolute Gasteiger partial charge is 0.404 e. The van der Waals surface area contributed by atoms with Gasteiger partial charge in [0, 0.05) is 36.6 Å². The van der Waals surface area contributed by atoms with Crippen LogP contribution in [0.1, 0.15) is 44.1 Å². The van der Waals surface area contributed by atoms with E-state index in [1.807, 2.05) is 18.0 Å². The molecule has 0 aromatic heterocycles. The Kier molecular flexibility index (Phi) is 3.92. The zero-order valence-corrected chi connectivity index (χ0v) is 16.2. The number of aliphatic imine (C=N–C) groups is 1. The molecule has 6 rings (SSSR count). The molecule has 27 heavy (non-hydrogen) atoms. The van der Waals surface area contributed by atoms with Crippen molar-refractivity contribution in [2.45, 2.75) is 44.9 Å². The molecule has 4 aliphatic carbocycles. The van der Waals surface area contributed by atoms with Crippen LogP contribution in [0, 0.1) is 23.2 Å². The van der Waals surface area contributed by atoms with Gasteiger partial charge in [0.1, 0.15) is 0 Å². The summed E-state index contributed by atoms with van der Waals surface area (Å²) in [5.41, 5.74) is 10.0. The summed E-state index contributed by atoms with van der Waals surface area (Å²) in [5, 5.41) is 0. The summed E-state index contributed by atoms with van der Waals surface area (Å²) in [5.74, 6) is 2.63. The quantitative estimate of drug-likeness (QED) is 0.827. The Morgan fingerprint density at radius 2 is 1.78 bits per heavy atom. The third-order valence-electron chi connectivity index (χ3n) is 7.55. The van der Waals surface area contributed by atoms with E-state index in [-0.39, 0.29) is 5.41 Å². The predicted molar refractivity (Wildman–Crippen MR) is 109 cm³/mol. The number of hydrogen-bond donors (Lipinski definition) is 1. The highest BCUT2D eigenvalue weighted by atomic mass is 16.2. The smallest absolute Gasteiger partial charge is 0.233 e. The third kappa shape index (κ3) is 2.64. The third-order valence-corrected chi connectivity index (χ3v) is 7.55. The second-order valence-corrected chi connectivity index (χ2v) is 9.26. The average molecular weight is 364 g/mol. The summed E-state index contributed by atoms with van der Waals surface area (Å²) in [6.45, 7) is 0.542. The van der Waals surface area contributed by atoms with Gasteiger partial charge in [0.15, 0.2) is 0 Å². The summed E-state index contributed by atoms with van der Waals surface area (Å²) >= 11 is 0. The Morgan fingerprint density at radius 1 is 1.15 bits per heavy atom. The van der Waals surface area contributed by atoms with E-state index in [0.29, 0.717) is 12.5 Å². The van der Waals surface area contributed by atoms with Crippen molar-refractivity contribution in [1.29, 1.82) is 0 Å². The number of hydrogen-bond acceptors (Lipinski definition) is 3. The van der Waals surface area contributed by atoms with Gasteiger partial charge in [-0.2, -0.15) is 0 Å². The van der Waals surface area contributed by atoms with Crippen LogP contribution in [0.5, 0.6) is 0 Å². The Labute approximate surface area is 161 Å². The number of para-hydroxylation sites is 1. The second kappa shape index (κ2) is 6.22. The lowest BCUT2D eigenvalue weighted by Crippen LogP contribution is -2.55. The van der Waals surface area contributed by atoms with Crippen LogP contribution in [-0.4, -0.2) is 25.2 Å². The van der Waals surface area contributed by atoms with E-state index in [0.717, 1.165) is 60.4 Å². The van der Waals surface area contributed by atoms with Gasteiger partial charge in [-0.25, -0.2) is 0 Å². The van der Waals surface area contributed by atoms with E-state index in [4.69, 9.17) is 5.73 Å². The molecule has 4 saturated carbocycles. The monoisotopic (exact) mass is 363 g/mol. The first-order valence-electron chi connectivity index (χ1n) is 10.4. The van der Waals surface area contributed by atoms with E-state index < -0.39 is 0 Å². The summed E-state index contributed by atoms with van der Waals surface area (Å²) in [6.07, 6.45) is 9.71. The minimum atomic E-state index is -0.143. The van der Waals surface area contributed by atoms with Crippen molar-refractivity contribution in [1.82, 2.24) is 0 Å². The van der Waals surface area contributed by atoms with Gasteiger partial charge in [-0.15, -0.1) is 0 Å². The van der Waals surface area contributed by atoms with Gasteiger partial charge < -0.3 is 10.6 Å². The molecule has 142 valence electrons. The van der Waals surface area contributed by atoms with Crippen molar-refractivity contribution in [3.8, 4) is 0 Å². The number of carbonyl (C=O) groups is 1. The van der Waals surface area contributed by atoms with Gasteiger partial charge >= 0.3 is 0 Å². The van der Waals surface area contributed by atoms with Gasteiger partial charge in [-0.05, 0) is 67.9 Å². The Hall–Kier alpha value is -2.10. The molecular formula is C23H29N3O. The lowest BCUT2D eigenvalue weighted by Gasteiger charge is -2.56. The summed E-state index contributed by atoms with van der Waals surface area (Å²) in [7, 11) is 1.82. The van der Waals surface area contributed by atoms with Crippen LogP contribution in [0.2, 0.25) is 0 Å². The molecule has 1 heterocycles. The number of carbonyl (C=O) groups excluding carboxylic acids is 1. The van der Waals surface area contributed by atoms with Gasteiger partial charge in [0.2, 0.25) is 5.91 Å². The molecule has 0 saturated heterocycles. The van der Waals surface area contributed by atoms with E-state index in [1.165, 1.54) is 24.8 Å². The molecule has 4 heteroatoms. The lowest BCUT2D eigenvalue weighted by molar-refractivity contribution is -0.143. The molecule has 2 N–H and O–H groups in total. The molecule has 1 aliphatic heterocycles. The number of anilines is 1. The Balaban J connectivity index is 1.56. The highest BCUT2D eigenvalue weighted by Gasteiger charge is 2.56. The first-order chi connectivity index (χ1) is 13.1. The maximum atomic E-state index is 14.0. The maximum Gasteiger partial charge on any atom is 0.233 e. The van der Waals surface area contributed by atoms with E-state index in [9.17, 15) is 4.79 Å². The molecule has 0 unspecified atom stereocenters. The molecule has 1 amide bonds. The first-order valence-corrected chi connectivity index (χ1v) is 10.4. The van der Waals surface area contributed by atoms with Crippen LogP contribution in [0.25, 0.3) is 0 Å². The highest BCUT2D eigenvalue weighted by molar-refractivity contribution is 6.08. The van der Waals surface area contributed by atoms with Crippen LogP contribution >= 0.6 is 0 Å². The van der Waals surface area contributed by atoms with Crippen molar-refractivity contribution >= 4 is 17.3 Å². The standard InChI is InChI=1S/C23H29N3O/c1-25-20-9-18-4-2-3-5-21(18)26(14-19(20)13-24)22(27)23-10-15-6-16(11-23)8-17(7-15)12-23/h2-5,13,15-17H,6-12,14,24H2,1H3. The van der Waals surface area contributed by atoms with Crippen molar-refractivity contribution in [2.75, 3.05) is 18.5 Å². The topological polar surface area (TPSA) is 58.7 Å². The molecule has 1 aromatic rings. The van der Waals surface area contributed by atoms with Crippen LogP contribution in [0.3, 0.4) is 0 Å². The molecule has 4 bridgehead atoms. The molecule has 1 aromatic carbocycles. The molecule has 4 fully saturated rings. The number of rotatable bonds is 1. The molecule has 0 spiro atoms. The lowest BCUT2D eigenvalue weighted by atomic mass is 9.49. The number of fused-ring (bicyclic) bond motifs is 1. The van der Waals surface area contributed by atoms with Crippen molar-refractivity contribution in [3.63, 3.8) is 0 Å². The normalized spacial score (nSPS) is 37.5. The first kappa shape index (κ1) is 17.0. The predicted octanol–water partition coefficient (Wildman–Crippen LogP) is 3.71. The van der Waals surface area contributed by atoms with Crippen molar-refractivity contribution < 1.29 is 4.79 Å². The van der Waals surface area contributed by atoms with E-state index in [1.54, 1.807) is 6.20 Å². The fraction of sp³-hybridized carbons (Fsp3) is 0.565. The number of nitrogens with two attached hydrogens (primary N) is 1. The van der Waals surface area contributed by atoms with Crippen LogP contribution in [-0.2, 0) is 11.2 Å². The van der Waals surface area contributed by atoms with E-state index >= 15 is 0 Å². The maximum absolute atomic E-state index is 14.0. The van der Waals surface area contributed by atoms with Gasteiger partial charge in [0.05, 0.1) is 12.0 Å². The van der Waals surface area contributed by atoms with Gasteiger partial charge in [0.25, 0.3) is 0 Å². The minimum Gasteiger partial charge on any atom is -0.404 e. The number of nitrogens with zero attached hydrogens (tertiary/aromatic N) is 2. The number of amides is 1. The summed E-state index contributed by atoms with van der Waals surface area (Å²) in [6, 6.07) is 8.32. The Bertz CT molecular complexity index is 802. The van der Waals surface area contributed by atoms with Gasteiger partial charge in [-0.3, -0.25) is 9.79 Å². The SMILES string of the molecule is CN=C1Cc2ccccc2N(C(=O)C23CC4CC(CC(C4)C2)C3)CC1=CN. The van der Waals surface area contributed by atoms with Crippen molar-refractivity contribution in [2.24, 2.45) is 33.9 Å². The van der Waals surface area contributed by atoms with Crippen LogP contribution in [0.15, 0.2) is 41.0 Å².